The molecule has 1 aromatic heterocycles. The molecular weight excluding hydrogens is 307 g/mol. The number of nitrogens with one attached hydrogen (secondary N) is 1. The van der Waals surface area contributed by atoms with E-state index in [1.54, 1.807) is 13.1 Å². The maximum absolute atomic E-state index is 6.21. The Hall–Kier alpha value is -1.45. The number of hydrogen-bond acceptors (Lipinski definition) is 3. The van der Waals surface area contributed by atoms with Crippen molar-refractivity contribution in [3.8, 4) is 5.88 Å². The Morgan fingerprint density at radius 2 is 2.05 bits per heavy atom. The van der Waals surface area contributed by atoms with Crippen molar-refractivity contribution < 1.29 is 4.74 Å². The number of aromatic nitrogens is 1. The molecule has 5 heteroatoms. The van der Waals surface area contributed by atoms with Crippen LogP contribution in [0.4, 0.5) is 5.82 Å². The first-order valence-corrected chi connectivity index (χ1v) is 7.73. The third kappa shape index (κ3) is 2.94. The normalized spacial score (nSPS) is 17.2. The van der Waals surface area contributed by atoms with Gasteiger partial charge in [0.15, 0.2) is 0 Å². The molecule has 0 bridgehead atoms. The van der Waals surface area contributed by atoms with Crippen LogP contribution in [0.1, 0.15) is 30.1 Å². The van der Waals surface area contributed by atoms with Gasteiger partial charge >= 0.3 is 0 Å². The average Bonchev–Trinajstić information content (AvgIpc) is 2.50. The minimum Gasteiger partial charge on any atom is -0.468 e. The Bertz CT molecular complexity index is 661. The second-order valence-electron chi connectivity index (χ2n) is 5.05. The highest BCUT2D eigenvalue weighted by atomic mass is 35.5. The molecule has 0 saturated heterocycles. The van der Waals surface area contributed by atoms with E-state index in [9.17, 15) is 0 Å². The van der Waals surface area contributed by atoms with Crippen LogP contribution in [0, 0.1) is 0 Å². The summed E-state index contributed by atoms with van der Waals surface area (Å²) in [5.41, 5.74) is 2.57. The molecule has 0 aliphatic heterocycles. The lowest BCUT2D eigenvalue weighted by molar-refractivity contribution is 0.176. The molecule has 1 aliphatic carbocycles. The van der Waals surface area contributed by atoms with Gasteiger partial charge in [0.2, 0.25) is 5.88 Å². The zero-order valence-corrected chi connectivity index (χ0v) is 13.2. The third-order valence-corrected chi connectivity index (χ3v) is 4.26. The molecule has 0 fully saturated rings. The largest absolute Gasteiger partial charge is 0.468 e. The number of nitrogens with zero attached hydrogens (tertiary/aromatic N) is 1. The predicted molar refractivity (Wildman–Crippen MR) is 86.6 cm³/mol. The number of halogens is 2. The first kappa shape index (κ1) is 14.5. The van der Waals surface area contributed by atoms with Crippen LogP contribution in [-0.2, 0) is 6.42 Å². The first-order chi connectivity index (χ1) is 10.2. The molecule has 0 radical (unpaired) electrons. The minimum absolute atomic E-state index is 0.00849. The van der Waals surface area contributed by atoms with Crippen LogP contribution in [0.3, 0.4) is 0 Å². The zero-order valence-electron chi connectivity index (χ0n) is 11.7. The number of aryl methyl sites for hydroxylation is 1. The summed E-state index contributed by atoms with van der Waals surface area (Å²) in [4.78, 5) is 4.36. The van der Waals surface area contributed by atoms with Crippen LogP contribution < -0.4 is 10.1 Å². The summed E-state index contributed by atoms with van der Waals surface area (Å²) >= 11 is 12.3. The Balaban J connectivity index is 1.91. The molecule has 1 unspecified atom stereocenters. The van der Waals surface area contributed by atoms with Gasteiger partial charge in [-0.15, -0.1) is 0 Å². The van der Waals surface area contributed by atoms with Gasteiger partial charge in [-0.3, -0.25) is 0 Å². The Labute approximate surface area is 134 Å². The molecule has 0 spiro atoms. The van der Waals surface area contributed by atoms with E-state index in [-0.39, 0.29) is 6.10 Å². The van der Waals surface area contributed by atoms with Crippen molar-refractivity contribution >= 4 is 29.0 Å². The molecule has 1 aromatic carbocycles. The zero-order chi connectivity index (χ0) is 14.8. The number of fused-ring (bicyclic) bond motifs is 1. The molecule has 1 N–H and O–H groups in total. The number of anilines is 1. The van der Waals surface area contributed by atoms with Gasteiger partial charge in [0.25, 0.3) is 0 Å². The van der Waals surface area contributed by atoms with Gasteiger partial charge in [-0.2, -0.15) is 4.98 Å². The Morgan fingerprint density at radius 3 is 2.86 bits per heavy atom. The number of benzene rings is 1. The Kier molecular flexibility index (Phi) is 4.22. The lowest BCUT2D eigenvalue weighted by atomic mass is 9.89. The van der Waals surface area contributed by atoms with Gasteiger partial charge in [0.05, 0.1) is 5.02 Å². The second-order valence-corrected chi connectivity index (χ2v) is 5.87. The van der Waals surface area contributed by atoms with Crippen molar-refractivity contribution in [2.24, 2.45) is 0 Å². The van der Waals surface area contributed by atoms with Crippen LogP contribution in [0.5, 0.6) is 5.88 Å². The van der Waals surface area contributed by atoms with Gasteiger partial charge in [0, 0.05) is 7.05 Å². The summed E-state index contributed by atoms with van der Waals surface area (Å²) in [6, 6.07) is 10.0. The minimum atomic E-state index is -0.00849. The number of hydrogen-bond donors (Lipinski definition) is 1. The van der Waals surface area contributed by atoms with Gasteiger partial charge < -0.3 is 10.1 Å². The monoisotopic (exact) mass is 322 g/mol. The van der Waals surface area contributed by atoms with Crippen molar-refractivity contribution in [1.29, 1.82) is 0 Å². The van der Waals surface area contributed by atoms with E-state index in [0.29, 0.717) is 21.7 Å². The maximum atomic E-state index is 6.21. The van der Waals surface area contributed by atoms with Gasteiger partial charge in [-0.25, -0.2) is 0 Å². The van der Waals surface area contributed by atoms with Crippen molar-refractivity contribution in [1.82, 2.24) is 4.98 Å². The van der Waals surface area contributed by atoms with Crippen LogP contribution in [0.2, 0.25) is 10.0 Å². The molecule has 1 atom stereocenters. The fraction of sp³-hybridized carbons (Fsp3) is 0.312. The average molecular weight is 323 g/mol. The summed E-state index contributed by atoms with van der Waals surface area (Å²) in [5.74, 6) is 0.993. The SMILES string of the molecule is CNc1nc(OC2CCCc3ccccc32)c(Cl)cc1Cl. The van der Waals surface area contributed by atoms with E-state index in [2.05, 4.69) is 28.5 Å². The number of rotatable bonds is 3. The van der Waals surface area contributed by atoms with E-state index in [1.807, 2.05) is 6.07 Å². The van der Waals surface area contributed by atoms with Crippen molar-refractivity contribution in [2.75, 3.05) is 12.4 Å². The molecule has 3 nitrogen and oxygen atoms in total. The van der Waals surface area contributed by atoms with Crippen LogP contribution in [0.25, 0.3) is 0 Å². The molecule has 0 amide bonds. The van der Waals surface area contributed by atoms with Crippen LogP contribution in [-0.4, -0.2) is 12.0 Å². The number of ether oxygens (including phenoxy) is 1. The summed E-state index contributed by atoms with van der Waals surface area (Å²) in [7, 11) is 1.77. The van der Waals surface area contributed by atoms with Gasteiger partial charge in [0.1, 0.15) is 16.9 Å². The van der Waals surface area contributed by atoms with E-state index >= 15 is 0 Å². The molecule has 3 rings (SSSR count). The standard InChI is InChI=1S/C16H16Cl2N2O/c1-19-15-12(17)9-13(18)16(20-15)21-14-8-4-6-10-5-2-3-7-11(10)14/h2-3,5,7,9,14H,4,6,8H2,1H3,(H,19,20). The maximum Gasteiger partial charge on any atom is 0.235 e. The molecule has 2 aromatic rings. The fourth-order valence-electron chi connectivity index (χ4n) is 2.67. The van der Waals surface area contributed by atoms with E-state index in [1.165, 1.54) is 11.1 Å². The highest BCUT2D eigenvalue weighted by molar-refractivity contribution is 6.36. The lowest BCUT2D eigenvalue weighted by Crippen LogP contribution is -2.16. The molecule has 1 heterocycles. The quantitative estimate of drug-likeness (QED) is 0.873. The highest BCUT2D eigenvalue weighted by Gasteiger charge is 2.23. The summed E-state index contributed by atoms with van der Waals surface area (Å²) in [6.07, 6.45) is 3.16. The number of pyridine rings is 1. The van der Waals surface area contributed by atoms with E-state index in [0.717, 1.165) is 19.3 Å². The van der Waals surface area contributed by atoms with Crippen molar-refractivity contribution in [3.63, 3.8) is 0 Å². The fourth-order valence-corrected chi connectivity index (χ4v) is 3.17. The first-order valence-electron chi connectivity index (χ1n) is 6.97. The lowest BCUT2D eigenvalue weighted by Gasteiger charge is -2.26. The molecular formula is C16H16Cl2N2O. The van der Waals surface area contributed by atoms with E-state index in [4.69, 9.17) is 27.9 Å². The summed E-state index contributed by atoms with van der Waals surface area (Å²) in [6.45, 7) is 0. The molecule has 0 saturated carbocycles. The smallest absolute Gasteiger partial charge is 0.235 e. The topological polar surface area (TPSA) is 34.2 Å². The predicted octanol–water partition coefficient (Wildman–Crippen LogP) is 4.89. The van der Waals surface area contributed by atoms with Crippen molar-refractivity contribution in [3.05, 3.63) is 51.5 Å². The molecule has 21 heavy (non-hydrogen) atoms. The Morgan fingerprint density at radius 1 is 1.24 bits per heavy atom. The van der Waals surface area contributed by atoms with Gasteiger partial charge in [-0.05, 0) is 36.5 Å². The summed E-state index contributed by atoms with van der Waals surface area (Å²) in [5, 5.41) is 3.86. The third-order valence-electron chi connectivity index (χ3n) is 3.70. The molecule has 1 aliphatic rings. The van der Waals surface area contributed by atoms with Crippen LogP contribution in [0.15, 0.2) is 30.3 Å². The molecule has 110 valence electrons. The highest BCUT2D eigenvalue weighted by Crippen LogP contribution is 2.37. The van der Waals surface area contributed by atoms with Gasteiger partial charge in [-0.1, -0.05) is 47.5 Å². The summed E-state index contributed by atoms with van der Waals surface area (Å²) < 4.78 is 6.07. The van der Waals surface area contributed by atoms with Crippen molar-refractivity contribution in [2.45, 2.75) is 25.4 Å². The second kappa shape index (κ2) is 6.12. The van der Waals surface area contributed by atoms with E-state index < -0.39 is 0 Å². The van der Waals surface area contributed by atoms with Crippen LogP contribution >= 0.6 is 23.2 Å².